The SMILES string of the molecule is COCCCOc1cc(C)c(F)c(CN)c1. The van der Waals surface area contributed by atoms with Crippen LogP contribution in [0.25, 0.3) is 0 Å². The number of nitrogens with two attached hydrogens (primary N) is 1. The third-order valence-corrected chi connectivity index (χ3v) is 2.28. The molecule has 0 amide bonds. The van der Waals surface area contributed by atoms with Gasteiger partial charge in [-0.15, -0.1) is 0 Å². The summed E-state index contributed by atoms with van der Waals surface area (Å²) < 4.78 is 23.9. The first-order valence-corrected chi connectivity index (χ1v) is 5.30. The van der Waals surface area contributed by atoms with Crippen LogP contribution in [0.5, 0.6) is 5.75 Å². The van der Waals surface area contributed by atoms with E-state index in [4.69, 9.17) is 15.2 Å². The molecule has 0 aromatic heterocycles. The monoisotopic (exact) mass is 227 g/mol. The number of ether oxygens (including phenoxy) is 2. The Morgan fingerprint density at radius 3 is 2.69 bits per heavy atom. The van der Waals surface area contributed by atoms with Gasteiger partial charge in [0.25, 0.3) is 0 Å². The summed E-state index contributed by atoms with van der Waals surface area (Å²) in [6, 6.07) is 3.33. The lowest BCUT2D eigenvalue weighted by Gasteiger charge is -2.10. The lowest BCUT2D eigenvalue weighted by atomic mass is 10.1. The number of aryl methyl sites for hydroxylation is 1. The highest BCUT2D eigenvalue weighted by atomic mass is 19.1. The minimum absolute atomic E-state index is 0.182. The second-order valence-electron chi connectivity index (χ2n) is 3.61. The van der Waals surface area contributed by atoms with Crippen molar-refractivity contribution in [2.24, 2.45) is 5.73 Å². The smallest absolute Gasteiger partial charge is 0.130 e. The third-order valence-electron chi connectivity index (χ3n) is 2.28. The maximum atomic E-state index is 13.5. The van der Waals surface area contributed by atoms with E-state index in [1.165, 1.54) is 0 Å². The zero-order valence-electron chi connectivity index (χ0n) is 9.75. The van der Waals surface area contributed by atoms with Gasteiger partial charge in [0.2, 0.25) is 0 Å². The van der Waals surface area contributed by atoms with Crippen molar-refractivity contribution >= 4 is 0 Å². The fraction of sp³-hybridized carbons (Fsp3) is 0.500. The molecule has 1 rings (SSSR count). The summed E-state index contributed by atoms with van der Waals surface area (Å²) in [7, 11) is 1.65. The van der Waals surface area contributed by atoms with Crippen molar-refractivity contribution in [3.05, 3.63) is 29.1 Å². The molecule has 90 valence electrons. The van der Waals surface area contributed by atoms with Gasteiger partial charge < -0.3 is 15.2 Å². The Balaban J connectivity index is 2.63. The van der Waals surface area contributed by atoms with Crippen molar-refractivity contribution < 1.29 is 13.9 Å². The molecule has 4 heteroatoms. The van der Waals surface area contributed by atoms with E-state index in [2.05, 4.69) is 0 Å². The summed E-state index contributed by atoms with van der Waals surface area (Å²) in [6.07, 6.45) is 0.810. The van der Waals surface area contributed by atoms with Gasteiger partial charge in [0.15, 0.2) is 0 Å². The molecule has 0 atom stereocenters. The standard InChI is InChI=1S/C12H18FNO2/c1-9-6-11(16-5-3-4-15-2)7-10(8-14)12(9)13/h6-7H,3-5,8,14H2,1-2H3. The molecule has 16 heavy (non-hydrogen) atoms. The first-order valence-electron chi connectivity index (χ1n) is 5.30. The molecule has 0 aliphatic heterocycles. The van der Waals surface area contributed by atoms with Gasteiger partial charge >= 0.3 is 0 Å². The predicted octanol–water partition coefficient (Wildman–Crippen LogP) is 2.01. The molecule has 0 aliphatic rings. The maximum Gasteiger partial charge on any atom is 0.130 e. The van der Waals surface area contributed by atoms with Crippen molar-refractivity contribution in [3.63, 3.8) is 0 Å². The van der Waals surface area contributed by atoms with Crippen LogP contribution in [0.3, 0.4) is 0 Å². The Morgan fingerprint density at radius 1 is 1.31 bits per heavy atom. The van der Waals surface area contributed by atoms with E-state index in [0.717, 1.165) is 6.42 Å². The Bertz CT molecular complexity index is 342. The minimum atomic E-state index is -0.244. The molecule has 0 spiro atoms. The molecule has 1 aromatic carbocycles. The molecule has 0 bridgehead atoms. The molecule has 0 unspecified atom stereocenters. The molecule has 1 aromatic rings. The van der Waals surface area contributed by atoms with Gasteiger partial charge in [-0.05, 0) is 24.6 Å². The third kappa shape index (κ3) is 3.47. The number of halogens is 1. The van der Waals surface area contributed by atoms with E-state index in [0.29, 0.717) is 30.1 Å². The van der Waals surface area contributed by atoms with Gasteiger partial charge in [-0.25, -0.2) is 4.39 Å². The average molecular weight is 227 g/mol. The first-order chi connectivity index (χ1) is 7.69. The van der Waals surface area contributed by atoms with E-state index in [1.807, 2.05) is 0 Å². The van der Waals surface area contributed by atoms with E-state index in [1.54, 1.807) is 26.2 Å². The second-order valence-corrected chi connectivity index (χ2v) is 3.61. The van der Waals surface area contributed by atoms with E-state index < -0.39 is 0 Å². The van der Waals surface area contributed by atoms with Crippen LogP contribution in [0.4, 0.5) is 4.39 Å². The fourth-order valence-corrected chi connectivity index (χ4v) is 1.43. The number of hydrogen-bond donors (Lipinski definition) is 1. The summed E-state index contributed by atoms with van der Waals surface area (Å²) in [6.45, 7) is 3.10. The van der Waals surface area contributed by atoms with Crippen LogP contribution in [-0.2, 0) is 11.3 Å². The largest absolute Gasteiger partial charge is 0.493 e. The van der Waals surface area contributed by atoms with Crippen molar-refractivity contribution in [1.29, 1.82) is 0 Å². The van der Waals surface area contributed by atoms with Crippen LogP contribution >= 0.6 is 0 Å². The lowest BCUT2D eigenvalue weighted by Crippen LogP contribution is -2.05. The van der Waals surface area contributed by atoms with Gasteiger partial charge in [-0.1, -0.05) is 0 Å². The quantitative estimate of drug-likeness (QED) is 0.756. The summed E-state index contributed by atoms with van der Waals surface area (Å²) in [4.78, 5) is 0. The highest BCUT2D eigenvalue weighted by Crippen LogP contribution is 2.20. The number of rotatable bonds is 6. The predicted molar refractivity (Wildman–Crippen MR) is 61.0 cm³/mol. The Hall–Kier alpha value is -1.13. The fourth-order valence-electron chi connectivity index (χ4n) is 1.43. The van der Waals surface area contributed by atoms with Crippen LogP contribution < -0.4 is 10.5 Å². The Kier molecular flexibility index (Phi) is 5.22. The van der Waals surface area contributed by atoms with Crippen molar-refractivity contribution in [3.8, 4) is 5.75 Å². The summed E-state index contributed by atoms with van der Waals surface area (Å²) in [5, 5.41) is 0. The highest BCUT2D eigenvalue weighted by molar-refractivity contribution is 5.35. The normalized spacial score (nSPS) is 10.5. The molecule has 0 fully saturated rings. The molecule has 0 saturated heterocycles. The molecule has 3 nitrogen and oxygen atoms in total. The van der Waals surface area contributed by atoms with Gasteiger partial charge in [-0.3, -0.25) is 0 Å². The lowest BCUT2D eigenvalue weighted by molar-refractivity contribution is 0.172. The second kappa shape index (κ2) is 6.45. The zero-order chi connectivity index (χ0) is 12.0. The van der Waals surface area contributed by atoms with Crippen LogP contribution in [0, 0.1) is 12.7 Å². The molecule has 0 heterocycles. The number of benzene rings is 1. The molecular weight excluding hydrogens is 209 g/mol. The topological polar surface area (TPSA) is 44.5 Å². The van der Waals surface area contributed by atoms with Crippen LogP contribution in [0.15, 0.2) is 12.1 Å². The zero-order valence-corrected chi connectivity index (χ0v) is 9.75. The van der Waals surface area contributed by atoms with E-state index in [9.17, 15) is 4.39 Å². The van der Waals surface area contributed by atoms with Gasteiger partial charge in [0.1, 0.15) is 11.6 Å². The molecule has 0 radical (unpaired) electrons. The highest BCUT2D eigenvalue weighted by Gasteiger charge is 2.07. The Morgan fingerprint density at radius 2 is 2.06 bits per heavy atom. The van der Waals surface area contributed by atoms with E-state index in [-0.39, 0.29) is 12.4 Å². The minimum Gasteiger partial charge on any atom is -0.493 e. The molecular formula is C12H18FNO2. The molecule has 0 saturated carbocycles. The van der Waals surface area contributed by atoms with Crippen molar-refractivity contribution in [2.45, 2.75) is 19.9 Å². The van der Waals surface area contributed by atoms with Crippen molar-refractivity contribution in [1.82, 2.24) is 0 Å². The average Bonchev–Trinajstić information content (AvgIpc) is 2.29. The van der Waals surface area contributed by atoms with Crippen LogP contribution in [-0.4, -0.2) is 20.3 Å². The Labute approximate surface area is 95.4 Å². The molecule has 0 aliphatic carbocycles. The molecule has 2 N–H and O–H groups in total. The van der Waals surface area contributed by atoms with Gasteiger partial charge in [-0.2, -0.15) is 0 Å². The summed E-state index contributed by atoms with van der Waals surface area (Å²) in [5.74, 6) is 0.419. The van der Waals surface area contributed by atoms with Crippen LogP contribution in [0.2, 0.25) is 0 Å². The number of hydrogen-bond acceptors (Lipinski definition) is 3. The van der Waals surface area contributed by atoms with Gasteiger partial charge in [0.05, 0.1) is 6.61 Å². The van der Waals surface area contributed by atoms with E-state index >= 15 is 0 Å². The maximum absolute atomic E-state index is 13.5. The van der Waals surface area contributed by atoms with Gasteiger partial charge in [0, 0.05) is 32.2 Å². The first kappa shape index (κ1) is 12.9. The summed E-state index contributed by atoms with van der Waals surface area (Å²) in [5.41, 5.74) is 6.50. The van der Waals surface area contributed by atoms with Crippen molar-refractivity contribution in [2.75, 3.05) is 20.3 Å². The van der Waals surface area contributed by atoms with Crippen LogP contribution in [0.1, 0.15) is 17.5 Å². The summed E-state index contributed by atoms with van der Waals surface area (Å²) >= 11 is 0. The number of methoxy groups -OCH3 is 1.